The average Bonchev–Trinajstić information content (AvgIpc) is 2.47. The molecule has 19 heavy (non-hydrogen) atoms. The number of carbonyl (C=O) groups excluding carboxylic acids is 1. The van der Waals surface area contributed by atoms with E-state index in [-0.39, 0.29) is 5.69 Å². The highest BCUT2D eigenvalue weighted by molar-refractivity contribution is 5.87. The summed E-state index contributed by atoms with van der Waals surface area (Å²) in [6, 6.07) is 4.10. The van der Waals surface area contributed by atoms with E-state index < -0.39 is 5.97 Å². The van der Waals surface area contributed by atoms with Crippen molar-refractivity contribution in [1.29, 1.82) is 0 Å². The van der Waals surface area contributed by atoms with E-state index in [0.717, 1.165) is 18.8 Å². The van der Waals surface area contributed by atoms with Crippen molar-refractivity contribution in [2.24, 2.45) is 0 Å². The summed E-state index contributed by atoms with van der Waals surface area (Å²) < 4.78 is 4.90. The van der Waals surface area contributed by atoms with Crippen molar-refractivity contribution in [1.82, 2.24) is 10.2 Å². The number of anilines is 1. The summed E-state index contributed by atoms with van der Waals surface area (Å²) in [5.74, 6) is 0.451. The molecule has 5 heteroatoms. The van der Waals surface area contributed by atoms with Crippen LogP contribution in [0.1, 0.15) is 50.0 Å². The number of hydrogen-bond acceptors (Lipinski definition) is 5. The third-order valence-electron chi connectivity index (χ3n) is 3.53. The van der Waals surface area contributed by atoms with Gasteiger partial charge in [0, 0.05) is 12.6 Å². The molecule has 0 unspecified atom stereocenters. The summed E-state index contributed by atoms with van der Waals surface area (Å²) in [5, 5.41) is 8.15. The third kappa shape index (κ3) is 3.22. The van der Waals surface area contributed by atoms with Crippen molar-refractivity contribution in [3.8, 4) is 0 Å². The van der Waals surface area contributed by atoms with Crippen molar-refractivity contribution in [2.75, 3.05) is 18.1 Å². The maximum atomic E-state index is 11.5. The van der Waals surface area contributed by atoms with Crippen molar-refractivity contribution in [3.63, 3.8) is 0 Å². The monoisotopic (exact) mass is 263 g/mol. The van der Waals surface area contributed by atoms with E-state index in [1.54, 1.807) is 13.0 Å². The minimum absolute atomic E-state index is 0.274. The van der Waals surface area contributed by atoms with Crippen LogP contribution in [0.15, 0.2) is 12.1 Å². The fourth-order valence-corrected chi connectivity index (χ4v) is 2.52. The lowest BCUT2D eigenvalue weighted by Gasteiger charge is -2.35. The van der Waals surface area contributed by atoms with Crippen LogP contribution in [0.5, 0.6) is 0 Å². The van der Waals surface area contributed by atoms with E-state index in [1.807, 2.05) is 6.07 Å². The average molecular weight is 263 g/mol. The van der Waals surface area contributed by atoms with Crippen LogP contribution >= 0.6 is 0 Å². The van der Waals surface area contributed by atoms with Crippen molar-refractivity contribution >= 4 is 11.8 Å². The first kappa shape index (κ1) is 13.8. The number of hydrogen-bond donors (Lipinski definition) is 0. The zero-order valence-electron chi connectivity index (χ0n) is 11.6. The molecule has 0 radical (unpaired) electrons. The number of piperidine rings is 1. The van der Waals surface area contributed by atoms with Gasteiger partial charge in [0.2, 0.25) is 0 Å². The summed E-state index contributed by atoms with van der Waals surface area (Å²) in [6.07, 6.45) is 4.79. The Hall–Kier alpha value is -1.65. The normalized spacial score (nSPS) is 19.3. The van der Waals surface area contributed by atoms with Crippen LogP contribution in [-0.2, 0) is 4.74 Å². The lowest BCUT2D eigenvalue weighted by molar-refractivity contribution is 0.0518. The number of carbonyl (C=O) groups is 1. The molecule has 0 saturated carbocycles. The van der Waals surface area contributed by atoms with Crippen LogP contribution in [0.2, 0.25) is 0 Å². The second kappa shape index (κ2) is 6.50. The summed E-state index contributed by atoms with van der Waals surface area (Å²) in [6.45, 7) is 5.35. The second-order valence-corrected chi connectivity index (χ2v) is 4.75. The first-order valence-electron chi connectivity index (χ1n) is 7.03. The standard InChI is InChI=1S/C14H21N3O2/c1-3-11-7-5-6-10-17(11)13-9-8-12(15-16-13)14(18)19-4-2/h8-9,11H,3-7,10H2,1-2H3/t11-/m0/s1. The minimum atomic E-state index is -0.410. The maximum absolute atomic E-state index is 11.5. The lowest BCUT2D eigenvalue weighted by Crippen LogP contribution is -2.39. The van der Waals surface area contributed by atoms with Gasteiger partial charge in [0.1, 0.15) is 0 Å². The van der Waals surface area contributed by atoms with E-state index in [2.05, 4.69) is 22.0 Å². The van der Waals surface area contributed by atoms with Gasteiger partial charge in [0.25, 0.3) is 0 Å². The van der Waals surface area contributed by atoms with Crippen molar-refractivity contribution in [3.05, 3.63) is 17.8 Å². The quantitative estimate of drug-likeness (QED) is 0.781. The molecule has 2 rings (SSSR count). The van der Waals surface area contributed by atoms with E-state index in [1.165, 1.54) is 19.3 Å². The Morgan fingerprint density at radius 3 is 2.84 bits per heavy atom. The molecule has 1 saturated heterocycles. The SMILES string of the molecule is CCOC(=O)c1ccc(N2CCCC[C@@H]2CC)nn1. The number of ether oxygens (including phenoxy) is 1. The first-order chi connectivity index (χ1) is 9.26. The molecule has 1 fully saturated rings. The fourth-order valence-electron chi connectivity index (χ4n) is 2.52. The third-order valence-corrected chi connectivity index (χ3v) is 3.53. The Labute approximate surface area is 114 Å². The number of rotatable bonds is 4. The van der Waals surface area contributed by atoms with Crippen LogP contribution in [-0.4, -0.2) is 35.4 Å². The molecular weight excluding hydrogens is 242 g/mol. The van der Waals surface area contributed by atoms with Crippen LogP contribution < -0.4 is 4.90 Å². The van der Waals surface area contributed by atoms with Gasteiger partial charge >= 0.3 is 5.97 Å². The number of esters is 1. The van der Waals surface area contributed by atoms with Gasteiger partial charge in [0.15, 0.2) is 11.5 Å². The second-order valence-electron chi connectivity index (χ2n) is 4.75. The topological polar surface area (TPSA) is 55.3 Å². The van der Waals surface area contributed by atoms with E-state index in [0.29, 0.717) is 12.6 Å². The Bertz CT molecular complexity index is 419. The van der Waals surface area contributed by atoms with Gasteiger partial charge in [0.05, 0.1) is 6.61 Å². The summed E-state index contributed by atoms with van der Waals surface area (Å²) in [4.78, 5) is 13.8. The molecule has 2 heterocycles. The molecule has 0 bridgehead atoms. The van der Waals surface area contributed by atoms with Gasteiger partial charge in [-0.1, -0.05) is 6.92 Å². The highest BCUT2D eigenvalue weighted by Gasteiger charge is 2.22. The molecule has 1 aromatic heterocycles. The highest BCUT2D eigenvalue weighted by atomic mass is 16.5. The fraction of sp³-hybridized carbons (Fsp3) is 0.643. The van der Waals surface area contributed by atoms with Crippen LogP contribution in [0.25, 0.3) is 0 Å². The van der Waals surface area contributed by atoms with Gasteiger partial charge in [-0.2, -0.15) is 0 Å². The molecule has 0 aliphatic carbocycles. The van der Waals surface area contributed by atoms with Gasteiger partial charge in [-0.15, -0.1) is 10.2 Å². The predicted molar refractivity (Wildman–Crippen MR) is 73.3 cm³/mol. The Morgan fingerprint density at radius 1 is 1.37 bits per heavy atom. The van der Waals surface area contributed by atoms with Crippen LogP contribution in [0, 0.1) is 0 Å². The number of nitrogens with zero attached hydrogens (tertiary/aromatic N) is 3. The van der Waals surface area contributed by atoms with E-state index in [4.69, 9.17) is 4.74 Å². The zero-order valence-corrected chi connectivity index (χ0v) is 11.6. The molecule has 1 aliphatic heterocycles. The molecule has 0 aromatic carbocycles. The molecule has 104 valence electrons. The molecule has 1 atom stereocenters. The highest BCUT2D eigenvalue weighted by Crippen LogP contribution is 2.24. The van der Waals surface area contributed by atoms with Crippen LogP contribution in [0.3, 0.4) is 0 Å². The number of aromatic nitrogens is 2. The molecule has 0 spiro atoms. The smallest absolute Gasteiger partial charge is 0.358 e. The molecular formula is C14H21N3O2. The Kier molecular flexibility index (Phi) is 4.71. The lowest BCUT2D eigenvalue weighted by atomic mass is 10.0. The minimum Gasteiger partial charge on any atom is -0.461 e. The van der Waals surface area contributed by atoms with Gasteiger partial charge in [-0.25, -0.2) is 4.79 Å². The van der Waals surface area contributed by atoms with Gasteiger partial charge < -0.3 is 9.64 Å². The van der Waals surface area contributed by atoms with E-state index in [9.17, 15) is 4.79 Å². The Morgan fingerprint density at radius 2 is 2.21 bits per heavy atom. The zero-order chi connectivity index (χ0) is 13.7. The molecule has 0 N–H and O–H groups in total. The molecule has 1 aliphatic rings. The van der Waals surface area contributed by atoms with Crippen LogP contribution in [0.4, 0.5) is 5.82 Å². The largest absolute Gasteiger partial charge is 0.461 e. The maximum Gasteiger partial charge on any atom is 0.358 e. The van der Waals surface area contributed by atoms with Crippen molar-refractivity contribution < 1.29 is 9.53 Å². The van der Waals surface area contributed by atoms with Gasteiger partial charge in [-0.05, 0) is 44.7 Å². The molecule has 0 amide bonds. The molecule has 1 aromatic rings. The molecule has 5 nitrogen and oxygen atoms in total. The van der Waals surface area contributed by atoms with Gasteiger partial charge in [-0.3, -0.25) is 0 Å². The van der Waals surface area contributed by atoms with Crippen molar-refractivity contribution in [2.45, 2.75) is 45.6 Å². The first-order valence-corrected chi connectivity index (χ1v) is 7.03. The van der Waals surface area contributed by atoms with E-state index >= 15 is 0 Å². The predicted octanol–water partition coefficient (Wildman–Crippen LogP) is 2.42. The summed E-state index contributed by atoms with van der Waals surface area (Å²) >= 11 is 0. The Balaban J connectivity index is 2.10. The summed E-state index contributed by atoms with van der Waals surface area (Å²) in [7, 11) is 0. The summed E-state index contributed by atoms with van der Waals surface area (Å²) in [5.41, 5.74) is 0.274.